The zero-order valence-electron chi connectivity index (χ0n) is 16.7. The summed E-state index contributed by atoms with van der Waals surface area (Å²) in [7, 11) is -1.29. The SMILES string of the molecule is CN=C(NCC(c1ccccc1)N1CCCC1)N1CCS(=O)(=O)C(C)(C)C1. The standard InChI is InChI=1S/C20H32N4O2S/c1-20(2)16-24(13-14-27(20,25)26)19(21-3)22-15-18(23-11-7-8-12-23)17-9-5-4-6-10-17/h4-6,9-10,18H,7-8,11-16H2,1-3H3,(H,21,22). The molecule has 0 amide bonds. The van der Waals surface area contributed by atoms with Gasteiger partial charge in [0, 0.05) is 26.7 Å². The number of rotatable bonds is 4. The fraction of sp³-hybridized carbons (Fsp3) is 0.650. The molecule has 0 bridgehead atoms. The highest BCUT2D eigenvalue weighted by molar-refractivity contribution is 7.92. The van der Waals surface area contributed by atoms with Crippen LogP contribution in [0, 0.1) is 0 Å². The van der Waals surface area contributed by atoms with Crippen LogP contribution in [-0.2, 0) is 9.84 Å². The average Bonchev–Trinajstić information content (AvgIpc) is 3.16. The fourth-order valence-electron chi connectivity index (χ4n) is 4.03. The normalized spacial score (nSPS) is 24.0. The third-order valence-corrected chi connectivity index (χ3v) is 8.31. The van der Waals surface area contributed by atoms with Crippen molar-refractivity contribution in [2.75, 3.05) is 45.5 Å². The minimum Gasteiger partial charge on any atom is -0.354 e. The number of hydrogen-bond acceptors (Lipinski definition) is 4. The Kier molecular flexibility index (Phi) is 6.11. The largest absolute Gasteiger partial charge is 0.354 e. The van der Waals surface area contributed by atoms with Gasteiger partial charge in [-0.05, 0) is 45.3 Å². The maximum Gasteiger partial charge on any atom is 0.193 e. The van der Waals surface area contributed by atoms with Crippen molar-refractivity contribution in [3.05, 3.63) is 35.9 Å². The zero-order chi connectivity index (χ0) is 19.5. The fourth-order valence-corrected chi connectivity index (χ4v) is 5.40. The summed E-state index contributed by atoms with van der Waals surface area (Å²) in [6.45, 7) is 7.57. The van der Waals surface area contributed by atoms with Gasteiger partial charge in [0.2, 0.25) is 0 Å². The molecule has 6 nitrogen and oxygen atoms in total. The lowest BCUT2D eigenvalue weighted by molar-refractivity contribution is 0.242. The number of benzene rings is 1. The average molecular weight is 393 g/mol. The first-order valence-electron chi connectivity index (χ1n) is 9.81. The molecule has 0 spiro atoms. The molecular weight excluding hydrogens is 360 g/mol. The van der Waals surface area contributed by atoms with Crippen molar-refractivity contribution in [3.8, 4) is 0 Å². The molecule has 0 saturated carbocycles. The van der Waals surface area contributed by atoms with Crippen molar-refractivity contribution in [1.82, 2.24) is 15.1 Å². The summed E-state index contributed by atoms with van der Waals surface area (Å²) in [5.41, 5.74) is 1.31. The highest BCUT2D eigenvalue weighted by Crippen LogP contribution is 2.26. The van der Waals surface area contributed by atoms with Gasteiger partial charge in [-0.15, -0.1) is 0 Å². The van der Waals surface area contributed by atoms with Crippen molar-refractivity contribution in [1.29, 1.82) is 0 Å². The summed E-state index contributed by atoms with van der Waals surface area (Å²) in [6.07, 6.45) is 2.49. The van der Waals surface area contributed by atoms with Gasteiger partial charge in [-0.2, -0.15) is 0 Å². The van der Waals surface area contributed by atoms with Crippen molar-refractivity contribution in [3.63, 3.8) is 0 Å². The lowest BCUT2D eigenvalue weighted by Crippen LogP contribution is -2.57. The van der Waals surface area contributed by atoms with E-state index in [0.717, 1.165) is 25.6 Å². The van der Waals surface area contributed by atoms with Gasteiger partial charge in [0.15, 0.2) is 15.8 Å². The second-order valence-corrected chi connectivity index (χ2v) is 10.8. The Morgan fingerprint density at radius 2 is 1.85 bits per heavy atom. The van der Waals surface area contributed by atoms with Crippen LogP contribution in [0.3, 0.4) is 0 Å². The van der Waals surface area contributed by atoms with Crippen LogP contribution in [0.15, 0.2) is 35.3 Å². The molecule has 2 aliphatic heterocycles. The highest BCUT2D eigenvalue weighted by Gasteiger charge is 2.41. The molecule has 150 valence electrons. The molecule has 1 aromatic rings. The van der Waals surface area contributed by atoms with Crippen molar-refractivity contribution >= 4 is 15.8 Å². The van der Waals surface area contributed by atoms with E-state index < -0.39 is 14.6 Å². The van der Waals surface area contributed by atoms with Crippen LogP contribution in [0.1, 0.15) is 38.3 Å². The molecule has 1 atom stereocenters. The van der Waals surface area contributed by atoms with Crippen LogP contribution < -0.4 is 5.32 Å². The summed E-state index contributed by atoms with van der Waals surface area (Å²) in [4.78, 5) is 9.04. The van der Waals surface area contributed by atoms with Gasteiger partial charge < -0.3 is 10.2 Å². The smallest absolute Gasteiger partial charge is 0.193 e. The number of likely N-dealkylation sites (tertiary alicyclic amines) is 1. The second-order valence-electron chi connectivity index (χ2n) is 8.10. The van der Waals surface area contributed by atoms with Crippen LogP contribution in [0.25, 0.3) is 0 Å². The van der Waals surface area contributed by atoms with Gasteiger partial charge in [-0.25, -0.2) is 8.42 Å². The molecule has 3 rings (SSSR count). The van der Waals surface area contributed by atoms with E-state index in [1.165, 1.54) is 18.4 Å². The predicted molar refractivity (Wildman–Crippen MR) is 111 cm³/mol. The number of aliphatic imine (C=N–C) groups is 1. The zero-order valence-corrected chi connectivity index (χ0v) is 17.5. The maximum atomic E-state index is 12.3. The molecule has 0 aromatic heterocycles. The molecule has 2 aliphatic rings. The summed E-state index contributed by atoms with van der Waals surface area (Å²) < 4.78 is 23.8. The summed E-state index contributed by atoms with van der Waals surface area (Å²) in [5, 5.41) is 3.52. The molecule has 0 aliphatic carbocycles. The maximum absolute atomic E-state index is 12.3. The molecule has 1 unspecified atom stereocenters. The number of nitrogens with one attached hydrogen (secondary N) is 1. The monoisotopic (exact) mass is 392 g/mol. The van der Waals surface area contributed by atoms with Crippen LogP contribution in [0.2, 0.25) is 0 Å². The van der Waals surface area contributed by atoms with Gasteiger partial charge in [0.1, 0.15) is 0 Å². The van der Waals surface area contributed by atoms with Crippen LogP contribution in [0.5, 0.6) is 0 Å². The van der Waals surface area contributed by atoms with E-state index >= 15 is 0 Å². The Bertz CT molecular complexity index is 755. The Hall–Kier alpha value is -1.60. The third kappa shape index (κ3) is 4.46. The lowest BCUT2D eigenvalue weighted by atomic mass is 10.1. The summed E-state index contributed by atoms with van der Waals surface area (Å²) in [6, 6.07) is 10.9. The van der Waals surface area contributed by atoms with Crippen molar-refractivity contribution in [2.24, 2.45) is 4.99 Å². The van der Waals surface area contributed by atoms with E-state index in [9.17, 15) is 8.42 Å². The Labute approximate surface area is 163 Å². The lowest BCUT2D eigenvalue weighted by Gasteiger charge is -2.39. The highest BCUT2D eigenvalue weighted by atomic mass is 32.2. The van der Waals surface area contributed by atoms with E-state index in [4.69, 9.17) is 0 Å². The van der Waals surface area contributed by atoms with E-state index in [-0.39, 0.29) is 5.75 Å². The molecule has 7 heteroatoms. The van der Waals surface area contributed by atoms with E-state index in [1.54, 1.807) is 20.9 Å². The first-order chi connectivity index (χ1) is 12.8. The second kappa shape index (κ2) is 8.19. The van der Waals surface area contributed by atoms with Crippen molar-refractivity contribution in [2.45, 2.75) is 37.5 Å². The molecule has 0 radical (unpaired) electrons. The molecule has 1 N–H and O–H groups in total. The Balaban J connectivity index is 1.70. The van der Waals surface area contributed by atoms with E-state index in [1.807, 2.05) is 6.07 Å². The van der Waals surface area contributed by atoms with Crippen LogP contribution >= 0.6 is 0 Å². The first-order valence-corrected chi connectivity index (χ1v) is 11.5. The van der Waals surface area contributed by atoms with E-state index in [0.29, 0.717) is 19.1 Å². The molecular formula is C20H32N4O2S. The number of nitrogens with zero attached hydrogens (tertiary/aromatic N) is 3. The van der Waals surface area contributed by atoms with Gasteiger partial charge in [-0.1, -0.05) is 30.3 Å². The third-order valence-electron chi connectivity index (χ3n) is 5.77. The quantitative estimate of drug-likeness (QED) is 0.626. The number of guanidine groups is 1. The Morgan fingerprint density at radius 1 is 1.19 bits per heavy atom. The molecule has 27 heavy (non-hydrogen) atoms. The van der Waals surface area contributed by atoms with Gasteiger partial charge >= 0.3 is 0 Å². The van der Waals surface area contributed by atoms with Gasteiger partial charge in [0.25, 0.3) is 0 Å². The van der Waals surface area contributed by atoms with Crippen LogP contribution in [0.4, 0.5) is 0 Å². The van der Waals surface area contributed by atoms with Gasteiger partial charge in [-0.3, -0.25) is 9.89 Å². The minimum atomic E-state index is -3.06. The first kappa shape index (κ1) is 20.1. The minimum absolute atomic E-state index is 0.176. The molecule has 2 fully saturated rings. The van der Waals surface area contributed by atoms with E-state index in [2.05, 4.69) is 44.4 Å². The molecule has 2 saturated heterocycles. The summed E-state index contributed by atoms with van der Waals surface area (Å²) >= 11 is 0. The summed E-state index contributed by atoms with van der Waals surface area (Å²) in [5.74, 6) is 0.965. The number of hydrogen-bond donors (Lipinski definition) is 1. The molecule has 1 aromatic carbocycles. The van der Waals surface area contributed by atoms with Gasteiger partial charge in [0.05, 0.1) is 16.5 Å². The predicted octanol–water partition coefficient (Wildman–Crippen LogP) is 1.91. The van der Waals surface area contributed by atoms with Crippen molar-refractivity contribution < 1.29 is 8.42 Å². The molecule has 2 heterocycles. The van der Waals surface area contributed by atoms with Crippen LogP contribution in [-0.4, -0.2) is 74.4 Å². The topological polar surface area (TPSA) is 65.0 Å². The number of sulfone groups is 1. The Morgan fingerprint density at radius 3 is 2.44 bits per heavy atom.